The van der Waals surface area contributed by atoms with Gasteiger partial charge in [-0.15, -0.1) is 0 Å². The van der Waals surface area contributed by atoms with Crippen LogP contribution in [0.15, 0.2) is 11.1 Å². The molecule has 21 heavy (non-hydrogen) atoms. The van der Waals surface area contributed by atoms with E-state index in [1.165, 1.54) is 14.8 Å². The highest BCUT2D eigenvalue weighted by Gasteiger charge is 2.33. The lowest BCUT2D eigenvalue weighted by atomic mass is 10.4. The first-order valence-electron chi connectivity index (χ1n) is 6.65. The van der Waals surface area contributed by atoms with Crippen LogP contribution in [-0.4, -0.2) is 67.7 Å². The van der Waals surface area contributed by atoms with Crippen molar-refractivity contribution >= 4 is 20.0 Å². The topological polar surface area (TPSA) is 92.6 Å². The second kappa shape index (κ2) is 5.67. The summed E-state index contributed by atoms with van der Waals surface area (Å²) in [6.45, 7) is 4.89. The molecular weight excluding hydrogens is 316 g/mol. The van der Waals surface area contributed by atoms with Gasteiger partial charge in [-0.3, -0.25) is 4.68 Å². The average Bonchev–Trinajstić information content (AvgIpc) is 2.79. The van der Waals surface area contributed by atoms with Crippen LogP contribution in [0.2, 0.25) is 0 Å². The summed E-state index contributed by atoms with van der Waals surface area (Å²) in [6, 6.07) is 0. The number of hydrogen-bond acceptors (Lipinski definition) is 5. The van der Waals surface area contributed by atoms with E-state index in [2.05, 4.69) is 5.10 Å². The quantitative estimate of drug-likeness (QED) is 0.737. The molecule has 8 nitrogen and oxygen atoms in total. The fourth-order valence-electron chi connectivity index (χ4n) is 2.38. The number of rotatable bonds is 4. The Kier molecular flexibility index (Phi) is 4.43. The third kappa shape index (κ3) is 3.12. The molecule has 120 valence electrons. The maximum absolute atomic E-state index is 12.6. The molecular formula is C11H20N4O4S2. The van der Waals surface area contributed by atoms with Gasteiger partial charge in [0.1, 0.15) is 4.90 Å². The molecule has 0 spiro atoms. The summed E-state index contributed by atoms with van der Waals surface area (Å²) < 4.78 is 52.3. The van der Waals surface area contributed by atoms with Crippen LogP contribution < -0.4 is 0 Å². The zero-order valence-corrected chi connectivity index (χ0v) is 14.0. The first-order chi connectivity index (χ1) is 9.67. The Morgan fingerprint density at radius 1 is 1.10 bits per heavy atom. The molecule has 1 aromatic rings. The Morgan fingerprint density at radius 2 is 1.62 bits per heavy atom. The maximum Gasteiger partial charge on any atom is 0.246 e. The van der Waals surface area contributed by atoms with Gasteiger partial charge in [0.15, 0.2) is 0 Å². The number of piperazine rings is 1. The molecule has 2 rings (SSSR count). The molecule has 0 radical (unpaired) electrons. The fraction of sp³-hybridized carbons (Fsp3) is 0.727. The molecule has 0 bridgehead atoms. The molecule has 0 N–H and O–H groups in total. The number of nitrogens with zero attached hydrogens (tertiary/aromatic N) is 4. The van der Waals surface area contributed by atoms with Gasteiger partial charge in [0.25, 0.3) is 0 Å². The van der Waals surface area contributed by atoms with Crippen molar-refractivity contribution in [3.05, 3.63) is 11.9 Å². The van der Waals surface area contributed by atoms with Crippen LogP contribution in [0.25, 0.3) is 0 Å². The summed E-state index contributed by atoms with van der Waals surface area (Å²) in [5, 5.41) is 4.05. The van der Waals surface area contributed by atoms with Gasteiger partial charge in [0.05, 0.1) is 18.1 Å². The Balaban J connectivity index is 2.21. The highest BCUT2D eigenvalue weighted by atomic mass is 32.2. The lowest BCUT2D eigenvalue weighted by Crippen LogP contribution is -2.50. The molecule has 1 fully saturated rings. The van der Waals surface area contributed by atoms with E-state index < -0.39 is 20.0 Å². The second-order valence-electron chi connectivity index (χ2n) is 4.98. The number of aromatic nitrogens is 2. The maximum atomic E-state index is 12.6. The van der Waals surface area contributed by atoms with E-state index in [1.54, 1.807) is 11.6 Å². The van der Waals surface area contributed by atoms with E-state index in [0.717, 1.165) is 6.26 Å². The first-order valence-corrected chi connectivity index (χ1v) is 9.94. The summed E-state index contributed by atoms with van der Waals surface area (Å²) in [7, 11) is -6.89. The largest absolute Gasteiger partial charge is 0.269 e. The van der Waals surface area contributed by atoms with Gasteiger partial charge in [0, 0.05) is 32.7 Å². The van der Waals surface area contributed by atoms with Crippen molar-refractivity contribution in [2.45, 2.75) is 25.3 Å². The highest BCUT2D eigenvalue weighted by molar-refractivity contribution is 7.89. The minimum absolute atomic E-state index is 0.159. The first kappa shape index (κ1) is 16.4. The van der Waals surface area contributed by atoms with E-state index in [1.807, 2.05) is 6.92 Å². The molecule has 0 aliphatic carbocycles. The lowest BCUT2D eigenvalue weighted by Gasteiger charge is -2.32. The van der Waals surface area contributed by atoms with Crippen LogP contribution in [-0.2, 0) is 26.6 Å². The van der Waals surface area contributed by atoms with E-state index in [0.29, 0.717) is 12.2 Å². The van der Waals surface area contributed by atoms with Crippen molar-refractivity contribution in [1.29, 1.82) is 0 Å². The van der Waals surface area contributed by atoms with Gasteiger partial charge in [-0.25, -0.2) is 16.8 Å². The van der Waals surface area contributed by atoms with Crippen molar-refractivity contribution in [2.24, 2.45) is 0 Å². The molecule has 1 aromatic heterocycles. The predicted octanol–water partition coefficient (Wildman–Crippen LogP) is -0.523. The Labute approximate surface area is 125 Å². The number of sulfonamides is 2. The summed E-state index contributed by atoms with van der Waals surface area (Å²) in [5.74, 6) is 0. The van der Waals surface area contributed by atoms with Crippen molar-refractivity contribution in [3.8, 4) is 0 Å². The molecule has 0 unspecified atom stereocenters. The molecule has 0 atom stereocenters. The molecule has 2 heterocycles. The van der Waals surface area contributed by atoms with Crippen LogP contribution in [0.5, 0.6) is 0 Å². The Bertz CT molecular complexity index is 715. The minimum atomic E-state index is -3.62. The number of aryl methyl sites for hydroxylation is 1. The van der Waals surface area contributed by atoms with E-state index >= 15 is 0 Å². The van der Waals surface area contributed by atoms with Crippen LogP contribution in [0.3, 0.4) is 0 Å². The summed E-state index contributed by atoms with van der Waals surface area (Å²) >= 11 is 0. The molecule has 1 aliphatic heterocycles. The van der Waals surface area contributed by atoms with Gasteiger partial charge < -0.3 is 0 Å². The van der Waals surface area contributed by atoms with Gasteiger partial charge in [-0.1, -0.05) is 0 Å². The van der Waals surface area contributed by atoms with Crippen molar-refractivity contribution in [3.63, 3.8) is 0 Å². The Morgan fingerprint density at radius 3 is 2.05 bits per heavy atom. The van der Waals surface area contributed by atoms with Crippen LogP contribution in [0.4, 0.5) is 0 Å². The average molecular weight is 336 g/mol. The van der Waals surface area contributed by atoms with Gasteiger partial charge in [0.2, 0.25) is 20.0 Å². The SMILES string of the molecule is CCn1ncc(S(=O)(=O)N2CCN(S(C)(=O)=O)CC2)c1C. The predicted molar refractivity (Wildman–Crippen MR) is 77.8 cm³/mol. The van der Waals surface area contributed by atoms with E-state index in [4.69, 9.17) is 0 Å². The zero-order valence-electron chi connectivity index (χ0n) is 12.4. The van der Waals surface area contributed by atoms with E-state index in [-0.39, 0.29) is 31.1 Å². The smallest absolute Gasteiger partial charge is 0.246 e. The van der Waals surface area contributed by atoms with Crippen molar-refractivity contribution in [1.82, 2.24) is 18.4 Å². The van der Waals surface area contributed by atoms with Gasteiger partial charge in [-0.05, 0) is 13.8 Å². The van der Waals surface area contributed by atoms with Crippen molar-refractivity contribution < 1.29 is 16.8 Å². The van der Waals surface area contributed by atoms with Gasteiger partial charge in [-0.2, -0.15) is 13.7 Å². The summed E-state index contributed by atoms with van der Waals surface area (Å²) in [6.07, 6.45) is 2.49. The molecule has 0 aromatic carbocycles. The third-order valence-electron chi connectivity index (χ3n) is 3.64. The standard InChI is InChI=1S/C11H20N4O4S2/c1-4-15-10(2)11(9-12-15)21(18,19)14-7-5-13(6-8-14)20(3,16)17/h9H,4-8H2,1-3H3. The number of hydrogen-bond donors (Lipinski definition) is 0. The molecule has 0 amide bonds. The molecule has 1 saturated heterocycles. The lowest BCUT2D eigenvalue weighted by molar-refractivity contribution is 0.274. The fourth-order valence-corrected chi connectivity index (χ4v) is 4.79. The minimum Gasteiger partial charge on any atom is -0.269 e. The monoisotopic (exact) mass is 336 g/mol. The third-order valence-corrected chi connectivity index (χ3v) is 6.95. The second-order valence-corrected chi connectivity index (χ2v) is 8.86. The van der Waals surface area contributed by atoms with Crippen LogP contribution in [0.1, 0.15) is 12.6 Å². The summed E-state index contributed by atoms with van der Waals surface area (Å²) in [4.78, 5) is 0.192. The van der Waals surface area contributed by atoms with Crippen molar-refractivity contribution in [2.75, 3.05) is 32.4 Å². The molecule has 1 aliphatic rings. The zero-order chi connectivity index (χ0) is 15.8. The highest BCUT2D eigenvalue weighted by Crippen LogP contribution is 2.21. The summed E-state index contributed by atoms with van der Waals surface area (Å²) in [5.41, 5.74) is 0.600. The molecule has 10 heteroatoms. The van der Waals surface area contributed by atoms with Crippen LogP contribution in [0, 0.1) is 6.92 Å². The van der Waals surface area contributed by atoms with Crippen LogP contribution >= 0.6 is 0 Å². The normalized spacial score (nSPS) is 19.0. The van der Waals surface area contributed by atoms with E-state index in [9.17, 15) is 16.8 Å². The van der Waals surface area contributed by atoms with Gasteiger partial charge >= 0.3 is 0 Å². The Hall–Kier alpha value is -0.970. The molecule has 0 saturated carbocycles.